The molecule has 0 radical (unpaired) electrons. The van der Waals surface area contributed by atoms with Crippen LogP contribution in [0.5, 0.6) is 0 Å². The average molecular weight is 230 g/mol. The van der Waals surface area contributed by atoms with Crippen molar-refractivity contribution in [2.45, 2.75) is 0 Å². The zero-order chi connectivity index (χ0) is 3.58. The monoisotopic (exact) mass is 230 g/mol. The number of rotatable bonds is 0. The van der Waals surface area contributed by atoms with Gasteiger partial charge in [0.1, 0.15) is 0 Å². The molecule has 0 saturated carbocycles. The SMILES string of the molecule is O=C([O-])[O-].[Al+3].[Mg+2].[OH-].[OH-].[OH-].[OH-].[OH-].[OH-].[OH-]. The minimum atomic E-state index is -2.33. The van der Waals surface area contributed by atoms with E-state index in [1.165, 1.54) is 0 Å². The first-order chi connectivity index (χ1) is 1.73. The second kappa shape index (κ2) is 145. The van der Waals surface area contributed by atoms with Gasteiger partial charge in [0.05, 0.1) is 0 Å². The van der Waals surface area contributed by atoms with Crippen LogP contribution < -0.4 is 10.2 Å². The van der Waals surface area contributed by atoms with Crippen LogP contribution in [0.2, 0.25) is 0 Å². The van der Waals surface area contributed by atoms with E-state index in [2.05, 4.69) is 0 Å². The molecule has 0 aromatic heterocycles. The van der Waals surface area contributed by atoms with Gasteiger partial charge in [-0.05, 0) is 6.16 Å². The zero-order valence-electron chi connectivity index (χ0n) is 6.14. The molecule has 10 nitrogen and oxygen atoms in total. The summed E-state index contributed by atoms with van der Waals surface area (Å²) in [5.74, 6) is 0. The van der Waals surface area contributed by atoms with Crippen LogP contribution in [-0.4, -0.2) is 84.9 Å². The maximum absolute atomic E-state index is 8.33. The van der Waals surface area contributed by atoms with E-state index in [0.717, 1.165) is 0 Å². The topological polar surface area (TPSA) is 273 Å². The van der Waals surface area contributed by atoms with Gasteiger partial charge in [-0.15, -0.1) is 0 Å². The Morgan fingerprint density at radius 1 is 0.692 bits per heavy atom. The van der Waals surface area contributed by atoms with Gasteiger partial charge in [0.15, 0.2) is 0 Å². The molecule has 0 heterocycles. The van der Waals surface area contributed by atoms with E-state index in [0.29, 0.717) is 0 Å². The summed E-state index contributed by atoms with van der Waals surface area (Å²) in [6.07, 6.45) is -2.33. The molecule has 0 atom stereocenters. The molecule has 13 heavy (non-hydrogen) atoms. The van der Waals surface area contributed by atoms with Gasteiger partial charge < -0.3 is 53.3 Å². The Morgan fingerprint density at radius 2 is 0.692 bits per heavy atom. The fourth-order valence-corrected chi connectivity index (χ4v) is 0. The summed E-state index contributed by atoms with van der Waals surface area (Å²) >= 11 is 0. The molecular weight excluding hydrogens is 223 g/mol. The van der Waals surface area contributed by atoms with E-state index >= 15 is 0 Å². The first kappa shape index (κ1) is 186. The Kier molecular flexibility index (Phi) is 2070. The van der Waals surface area contributed by atoms with Crippen LogP contribution in [0.25, 0.3) is 0 Å². The molecule has 0 aliphatic rings. The average Bonchev–Trinajstić information content (AvgIpc) is 0.811. The second-order valence-electron chi connectivity index (χ2n) is 0.250. The minimum absolute atomic E-state index is 0. The van der Waals surface area contributed by atoms with Crippen molar-refractivity contribution in [1.82, 2.24) is 0 Å². The smallest absolute Gasteiger partial charge is 0.870 e. The van der Waals surface area contributed by atoms with Gasteiger partial charge in [0, 0.05) is 0 Å². The molecule has 0 saturated heterocycles. The van der Waals surface area contributed by atoms with E-state index in [9.17, 15) is 0 Å². The van der Waals surface area contributed by atoms with Gasteiger partial charge in [0.2, 0.25) is 0 Å². The predicted molar refractivity (Wildman–Crippen MR) is 30.5 cm³/mol. The van der Waals surface area contributed by atoms with Crippen molar-refractivity contribution in [3.8, 4) is 0 Å². The van der Waals surface area contributed by atoms with Crippen LogP contribution in [0, 0.1) is 0 Å². The fourth-order valence-electron chi connectivity index (χ4n) is 0. The first-order valence-corrected chi connectivity index (χ1v) is 0.612. The largest absolute Gasteiger partial charge is 3.00 e. The van der Waals surface area contributed by atoms with Crippen molar-refractivity contribution in [3.05, 3.63) is 0 Å². The Bertz CT molecular complexity index is 37.9. The third-order valence-corrected chi connectivity index (χ3v) is 0. The van der Waals surface area contributed by atoms with Gasteiger partial charge in [-0.25, -0.2) is 0 Å². The summed E-state index contributed by atoms with van der Waals surface area (Å²) in [6.45, 7) is 0. The Morgan fingerprint density at radius 3 is 0.692 bits per heavy atom. The number of hydrogen-bond acceptors (Lipinski definition) is 10. The van der Waals surface area contributed by atoms with Gasteiger partial charge in [0.25, 0.3) is 0 Å². The standard InChI is InChI=1S/CH2O3.Al.Mg.7H2O/c2-1(3)4;;;;;;;;;/h(H2,2,3,4);;;7*1H2/q;+3;+2;;;;;;;/p-9. The van der Waals surface area contributed by atoms with E-state index in [1.54, 1.807) is 0 Å². The molecule has 0 aliphatic carbocycles. The van der Waals surface area contributed by atoms with Crippen LogP contribution in [0.3, 0.4) is 0 Å². The molecule has 0 amide bonds. The van der Waals surface area contributed by atoms with Crippen molar-refractivity contribution >= 4 is 46.6 Å². The fraction of sp³-hybridized carbons (Fsp3) is 0. The van der Waals surface area contributed by atoms with Gasteiger partial charge in [-0.1, -0.05) is 0 Å². The van der Waals surface area contributed by atoms with E-state index in [-0.39, 0.29) is 78.7 Å². The summed E-state index contributed by atoms with van der Waals surface area (Å²) in [7, 11) is 0. The van der Waals surface area contributed by atoms with Crippen LogP contribution >= 0.6 is 0 Å². The maximum Gasteiger partial charge on any atom is 3.00 e. The summed E-state index contributed by atoms with van der Waals surface area (Å²) in [5, 5.41) is 16.7. The van der Waals surface area contributed by atoms with Crippen LogP contribution in [0.1, 0.15) is 0 Å². The summed E-state index contributed by atoms with van der Waals surface area (Å²) in [4.78, 5) is 8.33. The van der Waals surface area contributed by atoms with E-state index in [1.807, 2.05) is 0 Å². The maximum atomic E-state index is 8.33. The minimum Gasteiger partial charge on any atom is -0.870 e. The van der Waals surface area contributed by atoms with E-state index in [4.69, 9.17) is 15.0 Å². The molecule has 0 aromatic rings. The molecule has 0 bridgehead atoms. The summed E-state index contributed by atoms with van der Waals surface area (Å²) < 4.78 is 0. The number of hydrogen-bond donors (Lipinski definition) is 0. The molecule has 0 spiro atoms. The molecule has 0 aliphatic heterocycles. The zero-order valence-corrected chi connectivity index (χ0v) is 8.71. The Balaban J connectivity index is -0.00000000125. The first-order valence-electron chi connectivity index (χ1n) is 0.612. The molecular formula is CH7AlMgO10-4. The van der Waals surface area contributed by atoms with Crippen molar-refractivity contribution in [2.75, 3.05) is 0 Å². The third kappa shape index (κ3) is 15600. The second-order valence-corrected chi connectivity index (χ2v) is 0.250. The molecule has 0 rings (SSSR count). The summed E-state index contributed by atoms with van der Waals surface area (Å²) in [6, 6.07) is 0. The van der Waals surface area contributed by atoms with Crippen molar-refractivity contribution < 1.29 is 53.3 Å². The van der Waals surface area contributed by atoms with Gasteiger partial charge >= 0.3 is 40.4 Å². The molecule has 0 fully saturated rings. The normalized spacial score (nSPS) is 1.85. The number of carbonyl (C=O) groups excluding carboxylic acids is 1. The van der Waals surface area contributed by atoms with Crippen molar-refractivity contribution in [1.29, 1.82) is 0 Å². The van der Waals surface area contributed by atoms with Crippen LogP contribution in [0.15, 0.2) is 0 Å². The molecule has 12 heteroatoms. The Hall–Kier alpha value is 0.289. The van der Waals surface area contributed by atoms with E-state index < -0.39 is 6.16 Å². The number of carbonyl (C=O) groups is 1. The molecule has 7 N–H and O–H groups in total. The van der Waals surface area contributed by atoms with Gasteiger partial charge in [-0.3, -0.25) is 0 Å². The van der Waals surface area contributed by atoms with Gasteiger partial charge in [-0.2, -0.15) is 0 Å². The molecule has 0 unspecified atom stereocenters. The van der Waals surface area contributed by atoms with Crippen LogP contribution in [0.4, 0.5) is 4.79 Å². The summed E-state index contributed by atoms with van der Waals surface area (Å²) in [5.41, 5.74) is 0. The third-order valence-electron chi connectivity index (χ3n) is 0. The molecule has 80 valence electrons. The predicted octanol–water partition coefficient (Wildman–Crippen LogP) is -4.45. The molecule has 0 aromatic carbocycles. The van der Waals surface area contributed by atoms with Crippen molar-refractivity contribution in [2.24, 2.45) is 0 Å². The Labute approximate surface area is 100.0 Å². The quantitative estimate of drug-likeness (QED) is 0.359. The number of carboxylic acid groups (broad SMARTS) is 2. The van der Waals surface area contributed by atoms with Crippen LogP contribution in [-0.2, 0) is 0 Å². The van der Waals surface area contributed by atoms with Crippen molar-refractivity contribution in [3.63, 3.8) is 0 Å².